The molecule has 0 saturated carbocycles. The molecule has 6 heteroatoms. The highest BCUT2D eigenvalue weighted by molar-refractivity contribution is 9.12. The molecular formula is C11H8BrNO3S. The predicted octanol–water partition coefficient (Wildman–Crippen LogP) is 1.91. The molecule has 0 heterocycles. The Hall–Kier alpha value is -1.27. The standard InChI is InChI=1S/C11H8BrNO3S/c1-17(15,16)13-10-6-9(12)11(14)8-5-3-2-4-7(8)10/h2-6H,1H3/b13-10+. The summed E-state index contributed by atoms with van der Waals surface area (Å²) in [5.74, 6) is -0.173. The lowest BCUT2D eigenvalue weighted by atomic mass is 9.94. The van der Waals surface area contributed by atoms with E-state index in [4.69, 9.17) is 0 Å². The molecule has 88 valence electrons. The molecule has 17 heavy (non-hydrogen) atoms. The molecule has 1 aromatic rings. The van der Waals surface area contributed by atoms with Gasteiger partial charge in [-0.25, -0.2) is 8.42 Å². The molecule has 0 saturated heterocycles. The van der Waals surface area contributed by atoms with Crippen LogP contribution in [-0.4, -0.2) is 26.2 Å². The fourth-order valence-corrected chi connectivity index (χ4v) is 2.49. The van der Waals surface area contributed by atoms with Crippen molar-refractivity contribution in [2.24, 2.45) is 4.40 Å². The van der Waals surface area contributed by atoms with Gasteiger partial charge in [0.25, 0.3) is 10.0 Å². The molecule has 0 fully saturated rings. The molecule has 1 aliphatic carbocycles. The second-order valence-electron chi connectivity index (χ2n) is 3.58. The van der Waals surface area contributed by atoms with Crippen LogP contribution < -0.4 is 0 Å². The summed E-state index contributed by atoms with van der Waals surface area (Å²) in [6.45, 7) is 0. The number of rotatable bonds is 1. The van der Waals surface area contributed by atoms with Crippen LogP contribution in [0.25, 0.3) is 0 Å². The normalized spacial score (nSPS) is 17.9. The Morgan fingerprint density at radius 3 is 2.35 bits per heavy atom. The number of fused-ring (bicyclic) bond motifs is 1. The van der Waals surface area contributed by atoms with Crippen LogP contribution in [0, 0.1) is 0 Å². The zero-order chi connectivity index (χ0) is 12.6. The van der Waals surface area contributed by atoms with E-state index in [9.17, 15) is 13.2 Å². The number of nitrogens with zero attached hydrogens (tertiary/aromatic N) is 1. The van der Waals surface area contributed by atoms with Gasteiger partial charge in [-0.1, -0.05) is 24.3 Å². The Balaban J connectivity index is 2.71. The van der Waals surface area contributed by atoms with Gasteiger partial charge in [-0.2, -0.15) is 4.40 Å². The van der Waals surface area contributed by atoms with Crippen LogP contribution in [0.15, 0.2) is 39.2 Å². The third-order valence-electron chi connectivity index (χ3n) is 2.19. The predicted molar refractivity (Wildman–Crippen MR) is 69.2 cm³/mol. The van der Waals surface area contributed by atoms with Gasteiger partial charge in [0.2, 0.25) is 5.78 Å². The Kier molecular flexibility index (Phi) is 3.01. The molecule has 0 aromatic heterocycles. The molecule has 0 aliphatic heterocycles. The van der Waals surface area contributed by atoms with Gasteiger partial charge in [-0.15, -0.1) is 0 Å². The summed E-state index contributed by atoms with van der Waals surface area (Å²) in [4.78, 5) is 11.8. The van der Waals surface area contributed by atoms with E-state index >= 15 is 0 Å². The fourth-order valence-electron chi connectivity index (χ4n) is 1.55. The zero-order valence-electron chi connectivity index (χ0n) is 8.84. The van der Waals surface area contributed by atoms with E-state index in [2.05, 4.69) is 20.3 Å². The van der Waals surface area contributed by atoms with Gasteiger partial charge >= 0.3 is 0 Å². The zero-order valence-corrected chi connectivity index (χ0v) is 11.2. The summed E-state index contributed by atoms with van der Waals surface area (Å²) < 4.78 is 26.3. The van der Waals surface area contributed by atoms with Gasteiger partial charge in [0.05, 0.1) is 16.4 Å². The van der Waals surface area contributed by atoms with E-state index in [1.807, 2.05) is 0 Å². The molecule has 0 spiro atoms. The first-order valence-corrected chi connectivity index (χ1v) is 7.34. The van der Waals surface area contributed by atoms with Crippen LogP contribution in [0.2, 0.25) is 0 Å². The largest absolute Gasteiger partial charge is 0.288 e. The number of Topliss-reactive ketones (excluding diaryl/α,β-unsaturated/α-hetero) is 1. The van der Waals surface area contributed by atoms with Gasteiger partial charge in [-0.05, 0) is 22.0 Å². The molecule has 0 N–H and O–H groups in total. The van der Waals surface area contributed by atoms with Crippen molar-refractivity contribution in [3.63, 3.8) is 0 Å². The topological polar surface area (TPSA) is 63.6 Å². The van der Waals surface area contributed by atoms with Gasteiger partial charge in [0.15, 0.2) is 0 Å². The lowest BCUT2D eigenvalue weighted by Gasteiger charge is -2.13. The van der Waals surface area contributed by atoms with Crippen LogP contribution in [-0.2, 0) is 10.0 Å². The maximum Gasteiger partial charge on any atom is 0.250 e. The van der Waals surface area contributed by atoms with Gasteiger partial charge in [0, 0.05) is 11.1 Å². The molecule has 0 bridgehead atoms. The number of hydrogen-bond donors (Lipinski definition) is 0. The van der Waals surface area contributed by atoms with E-state index < -0.39 is 10.0 Å². The fraction of sp³-hybridized carbons (Fsp3) is 0.0909. The van der Waals surface area contributed by atoms with E-state index in [0.717, 1.165) is 6.26 Å². The Bertz CT molecular complexity index is 659. The quantitative estimate of drug-likeness (QED) is 0.795. The smallest absolute Gasteiger partial charge is 0.250 e. The Labute approximate surface area is 107 Å². The number of hydrogen-bond acceptors (Lipinski definition) is 3. The molecule has 0 atom stereocenters. The second kappa shape index (κ2) is 4.19. The first kappa shape index (κ1) is 12.2. The maximum absolute atomic E-state index is 11.8. The average molecular weight is 314 g/mol. The molecule has 4 nitrogen and oxygen atoms in total. The minimum atomic E-state index is -3.50. The van der Waals surface area contributed by atoms with Crippen molar-refractivity contribution in [3.05, 3.63) is 46.0 Å². The minimum absolute atomic E-state index is 0.173. The highest BCUT2D eigenvalue weighted by atomic mass is 79.9. The molecular weight excluding hydrogens is 306 g/mol. The van der Waals surface area contributed by atoms with Crippen molar-refractivity contribution in [1.29, 1.82) is 0 Å². The van der Waals surface area contributed by atoms with E-state index in [1.54, 1.807) is 24.3 Å². The monoisotopic (exact) mass is 313 g/mol. The van der Waals surface area contributed by atoms with Crippen LogP contribution in [0.3, 0.4) is 0 Å². The first-order valence-electron chi connectivity index (χ1n) is 4.70. The third-order valence-corrected chi connectivity index (χ3v) is 3.31. The summed E-state index contributed by atoms with van der Waals surface area (Å²) >= 11 is 3.11. The van der Waals surface area contributed by atoms with E-state index in [0.29, 0.717) is 15.6 Å². The Morgan fingerprint density at radius 1 is 1.18 bits per heavy atom. The summed E-state index contributed by atoms with van der Waals surface area (Å²) in [5.41, 5.74) is 1.25. The van der Waals surface area contributed by atoms with Crippen LogP contribution >= 0.6 is 15.9 Å². The molecule has 2 rings (SSSR count). The molecule has 0 amide bonds. The molecule has 0 radical (unpaired) electrons. The third kappa shape index (κ3) is 2.53. The van der Waals surface area contributed by atoms with Gasteiger partial charge in [-0.3, -0.25) is 4.79 Å². The van der Waals surface area contributed by atoms with Crippen LogP contribution in [0.5, 0.6) is 0 Å². The summed E-state index contributed by atoms with van der Waals surface area (Å²) in [5, 5.41) is 0. The molecule has 1 aliphatic rings. The lowest BCUT2D eigenvalue weighted by Crippen LogP contribution is -2.16. The lowest BCUT2D eigenvalue weighted by molar-refractivity contribution is 0.104. The Morgan fingerprint density at radius 2 is 1.76 bits per heavy atom. The van der Waals surface area contributed by atoms with E-state index in [1.165, 1.54) is 6.08 Å². The second-order valence-corrected chi connectivity index (χ2v) is 6.08. The SMILES string of the molecule is CS(=O)(=O)/N=C1\C=C(Br)C(=O)c2ccccc21. The van der Waals surface area contributed by atoms with Crippen molar-refractivity contribution in [2.45, 2.75) is 0 Å². The van der Waals surface area contributed by atoms with Crippen LogP contribution in [0.1, 0.15) is 15.9 Å². The molecule has 1 aromatic carbocycles. The number of allylic oxidation sites excluding steroid dienone is 2. The minimum Gasteiger partial charge on any atom is -0.288 e. The van der Waals surface area contributed by atoms with Crippen molar-refractivity contribution in [1.82, 2.24) is 0 Å². The maximum atomic E-state index is 11.8. The van der Waals surface area contributed by atoms with Gasteiger partial charge < -0.3 is 0 Å². The number of halogens is 1. The number of carbonyl (C=O) groups is 1. The van der Waals surface area contributed by atoms with Crippen molar-refractivity contribution in [3.8, 4) is 0 Å². The summed E-state index contributed by atoms with van der Waals surface area (Å²) in [7, 11) is -3.50. The van der Waals surface area contributed by atoms with Crippen molar-refractivity contribution < 1.29 is 13.2 Å². The van der Waals surface area contributed by atoms with Gasteiger partial charge in [0.1, 0.15) is 0 Å². The number of ketones is 1. The highest BCUT2D eigenvalue weighted by Crippen LogP contribution is 2.25. The number of benzene rings is 1. The molecule has 0 unspecified atom stereocenters. The highest BCUT2D eigenvalue weighted by Gasteiger charge is 2.23. The summed E-state index contributed by atoms with van der Waals surface area (Å²) in [6, 6.07) is 6.77. The average Bonchev–Trinajstić information content (AvgIpc) is 2.24. The van der Waals surface area contributed by atoms with E-state index in [-0.39, 0.29) is 11.5 Å². The van der Waals surface area contributed by atoms with Crippen LogP contribution in [0.4, 0.5) is 0 Å². The number of sulfonamides is 1. The van der Waals surface area contributed by atoms with Crippen molar-refractivity contribution >= 4 is 37.4 Å². The number of carbonyl (C=O) groups excluding carboxylic acids is 1. The summed E-state index contributed by atoms with van der Waals surface area (Å²) in [6.07, 6.45) is 2.44. The van der Waals surface area contributed by atoms with Crippen molar-refractivity contribution in [2.75, 3.05) is 6.26 Å². The first-order chi connectivity index (χ1) is 7.88.